The molecule has 10 heteroatoms. The van der Waals surface area contributed by atoms with Gasteiger partial charge in [-0.05, 0) is 18.1 Å². The predicted octanol–water partition coefficient (Wildman–Crippen LogP) is 3.92. The maximum Gasteiger partial charge on any atom is 0.287 e. The van der Waals surface area contributed by atoms with Crippen LogP contribution in [0.1, 0.15) is 12.5 Å². The van der Waals surface area contributed by atoms with Crippen LogP contribution in [0.2, 0.25) is 0 Å². The summed E-state index contributed by atoms with van der Waals surface area (Å²) in [7, 11) is 0. The van der Waals surface area contributed by atoms with E-state index in [1.54, 1.807) is 24.8 Å². The summed E-state index contributed by atoms with van der Waals surface area (Å²) in [5, 5.41) is 17.0. The number of benzene rings is 1. The Hall–Kier alpha value is -4.34. The molecule has 0 fully saturated rings. The minimum Gasteiger partial charge on any atom is -0.368 e. The molecule has 4 aromatic rings. The third-order valence-corrected chi connectivity index (χ3v) is 4.89. The van der Waals surface area contributed by atoms with E-state index in [1.165, 1.54) is 17.8 Å². The number of imidazole rings is 1. The van der Waals surface area contributed by atoms with Crippen LogP contribution in [-0.2, 0) is 6.42 Å². The lowest BCUT2D eigenvalue weighted by Gasteiger charge is -2.12. The first-order valence-corrected chi connectivity index (χ1v) is 10.2. The first-order valence-electron chi connectivity index (χ1n) is 10.2. The zero-order valence-electron chi connectivity index (χ0n) is 17.4. The van der Waals surface area contributed by atoms with Gasteiger partial charge in [0.05, 0.1) is 28.8 Å². The van der Waals surface area contributed by atoms with E-state index in [1.807, 2.05) is 0 Å². The van der Waals surface area contributed by atoms with Gasteiger partial charge in [0.2, 0.25) is 5.95 Å². The van der Waals surface area contributed by atoms with Gasteiger partial charge in [0, 0.05) is 36.5 Å². The van der Waals surface area contributed by atoms with Gasteiger partial charge in [-0.25, -0.2) is 19.9 Å². The number of hydrogen-bond acceptors (Lipinski definition) is 8. The van der Waals surface area contributed by atoms with Gasteiger partial charge in [0.1, 0.15) is 12.0 Å². The third kappa shape index (κ3) is 4.86. The van der Waals surface area contributed by atoms with Crippen LogP contribution in [0.25, 0.3) is 22.5 Å². The largest absolute Gasteiger partial charge is 0.368 e. The highest BCUT2D eigenvalue weighted by molar-refractivity contribution is 5.78. The van der Waals surface area contributed by atoms with Gasteiger partial charge in [-0.3, -0.25) is 10.1 Å². The van der Waals surface area contributed by atoms with Crippen LogP contribution >= 0.6 is 0 Å². The van der Waals surface area contributed by atoms with E-state index in [9.17, 15) is 10.1 Å². The molecule has 3 N–H and O–H groups in total. The number of nitro groups is 1. The van der Waals surface area contributed by atoms with Crippen molar-refractivity contribution in [1.82, 2.24) is 24.9 Å². The molecule has 0 amide bonds. The summed E-state index contributed by atoms with van der Waals surface area (Å²) in [6, 6.07) is 11.3. The van der Waals surface area contributed by atoms with E-state index in [2.05, 4.69) is 61.8 Å². The van der Waals surface area contributed by atoms with Crippen molar-refractivity contribution >= 4 is 17.5 Å². The fourth-order valence-corrected chi connectivity index (χ4v) is 3.15. The molecule has 162 valence electrons. The highest BCUT2D eigenvalue weighted by Crippen LogP contribution is 2.29. The summed E-state index contributed by atoms with van der Waals surface area (Å²) in [6.07, 6.45) is 7.35. The lowest BCUT2D eigenvalue weighted by molar-refractivity contribution is -0.385. The summed E-state index contributed by atoms with van der Waals surface area (Å²) in [5.41, 5.74) is 4.72. The smallest absolute Gasteiger partial charge is 0.287 e. The van der Waals surface area contributed by atoms with E-state index >= 15 is 0 Å². The van der Waals surface area contributed by atoms with Crippen molar-refractivity contribution in [3.05, 3.63) is 77.0 Å². The van der Waals surface area contributed by atoms with Gasteiger partial charge < -0.3 is 15.6 Å². The zero-order chi connectivity index (χ0) is 22.3. The number of aromatic nitrogens is 5. The van der Waals surface area contributed by atoms with Crippen LogP contribution < -0.4 is 10.6 Å². The second-order valence-electron chi connectivity index (χ2n) is 6.98. The van der Waals surface area contributed by atoms with Crippen LogP contribution in [-0.4, -0.2) is 42.9 Å². The predicted molar refractivity (Wildman–Crippen MR) is 122 cm³/mol. The van der Waals surface area contributed by atoms with Crippen molar-refractivity contribution in [2.24, 2.45) is 0 Å². The molecule has 0 spiro atoms. The second-order valence-corrected chi connectivity index (χ2v) is 6.98. The van der Waals surface area contributed by atoms with Crippen molar-refractivity contribution in [3.8, 4) is 22.5 Å². The highest BCUT2D eigenvalue weighted by atomic mass is 16.6. The SMILES string of the molecule is CCc1ccc(-c2nc(NCCNc3ccc([N+](=O)[O-])cn3)ncc2-c2cnc[nH]2)cc1. The molecule has 4 rings (SSSR count). The highest BCUT2D eigenvalue weighted by Gasteiger charge is 2.13. The van der Waals surface area contributed by atoms with E-state index in [0.29, 0.717) is 24.9 Å². The van der Waals surface area contributed by atoms with Crippen molar-refractivity contribution in [3.63, 3.8) is 0 Å². The first kappa shape index (κ1) is 20.9. The molecule has 0 aliphatic rings. The number of pyridine rings is 1. The van der Waals surface area contributed by atoms with Gasteiger partial charge in [-0.15, -0.1) is 0 Å². The maximum atomic E-state index is 10.7. The Balaban J connectivity index is 1.46. The molecule has 0 saturated carbocycles. The lowest BCUT2D eigenvalue weighted by Crippen LogP contribution is -2.16. The fraction of sp³-hybridized carbons (Fsp3) is 0.182. The van der Waals surface area contributed by atoms with E-state index in [0.717, 1.165) is 28.9 Å². The number of anilines is 2. The maximum absolute atomic E-state index is 10.7. The molecule has 3 heterocycles. The number of aryl methyl sites for hydroxylation is 1. The Labute approximate surface area is 184 Å². The molecule has 1 aromatic carbocycles. The van der Waals surface area contributed by atoms with E-state index in [-0.39, 0.29) is 5.69 Å². The third-order valence-electron chi connectivity index (χ3n) is 4.89. The summed E-state index contributed by atoms with van der Waals surface area (Å²) in [5.74, 6) is 1.06. The van der Waals surface area contributed by atoms with Crippen molar-refractivity contribution < 1.29 is 4.92 Å². The standard InChI is InChI=1S/C22H22N8O2/c1-2-15-3-5-16(6-4-15)21-18(19-13-23-14-28-19)12-27-22(29-21)25-10-9-24-20-8-7-17(11-26-20)30(31)32/h3-8,11-14H,2,9-10H2,1H3,(H,23,28)(H,24,26)(H,25,27,29). The molecule has 0 atom stereocenters. The van der Waals surface area contributed by atoms with Crippen molar-refractivity contribution in [2.75, 3.05) is 23.7 Å². The van der Waals surface area contributed by atoms with Crippen LogP contribution in [0, 0.1) is 10.1 Å². The van der Waals surface area contributed by atoms with Crippen LogP contribution in [0.3, 0.4) is 0 Å². The summed E-state index contributed by atoms with van der Waals surface area (Å²) in [4.78, 5) is 30.7. The Kier molecular flexibility index (Phi) is 6.30. The number of aromatic amines is 1. The monoisotopic (exact) mass is 430 g/mol. The van der Waals surface area contributed by atoms with Crippen molar-refractivity contribution in [1.29, 1.82) is 0 Å². The Morgan fingerprint density at radius 2 is 1.81 bits per heavy atom. The second kappa shape index (κ2) is 9.65. The Bertz CT molecular complexity index is 1180. The molecule has 0 aliphatic carbocycles. The molecular weight excluding hydrogens is 408 g/mol. The molecule has 0 radical (unpaired) electrons. The molecule has 32 heavy (non-hydrogen) atoms. The summed E-state index contributed by atoms with van der Waals surface area (Å²) in [6.45, 7) is 3.20. The van der Waals surface area contributed by atoms with E-state index in [4.69, 9.17) is 4.98 Å². The van der Waals surface area contributed by atoms with Gasteiger partial charge >= 0.3 is 0 Å². The average molecular weight is 430 g/mol. The molecular formula is C22H22N8O2. The molecule has 0 saturated heterocycles. The lowest BCUT2D eigenvalue weighted by atomic mass is 10.0. The Morgan fingerprint density at radius 3 is 2.47 bits per heavy atom. The molecule has 0 aliphatic heterocycles. The normalized spacial score (nSPS) is 10.7. The summed E-state index contributed by atoms with van der Waals surface area (Å²) >= 11 is 0. The van der Waals surface area contributed by atoms with Crippen LogP contribution in [0.15, 0.2) is 61.3 Å². The van der Waals surface area contributed by atoms with Crippen molar-refractivity contribution in [2.45, 2.75) is 13.3 Å². The van der Waals surface area contributed by atoms with Crippen LogP contribution in [0.5, 0.6) is 0 Å². The quantitative estimate of drug-likeness (QED) is 0.207. The number of nitrogens with one attached hydrogen (secondary N) is 3. The average Bonchev–Trinajstić information content (AvgIpc) is 3.37. The van der Waals surface area contributed by atoms with Crippen LogP contribution in [0.4, 0.5) is 17.5 Å². The molecule has 10 nitrogen and oxygen atoms in total. The summed E-state index contributed by atoms with van der Waals surface area (Å²) < 4.78 is 0. The van der Waals surface area contributed by atoms with Gasteiger partial charge in [0.25, 0.3) is 5.69 Å². The van der Waals surface area contributed by atoms with Gasteiger partial charge in [-0.2, -0.15) is 0 Å². The zero-order valence-corrected chi connectivity index (χ0v) is 17.4. The first-order chi connectivity index (χ1) is 15.6. The van der Waals surface area contributed by atoms with E-state index < -0.39 is 4.92 Å². The topological polar surface area (TPSA) is 135 Å². The molecule has 0 bridgehead atoms. The number of H-pyrrole nitrogens is 1. The molecule has 3 aromatic heterocycles. The minimum atomic E-state index is -0.476. The number of rotatable bonds is 9. The molecule has 0 unspecified atom stereocenters. The number of nitrogens with zero attached hydrogens (tertiary/aromatic N) is 5. The minimum absolute atomic E-state index is 0.0427. The van der Waals surface area contributed by atoms with Gasteiger partial charge in [0.15, 0.2) is 0 Å². The number of hydrogen-bond donors (Lipinski definition) is 3. The Morgan fingerprint density at radius 1 is 1.00 bits per heavy atom. The fourth-order valence-electron chi connectivity index (χ4n) is 3.15. The van der Waals surface area contributed by atoms with Gasteiger partial charge in [-0.1, -0.05) is 31.2 Å².